The highest BCUT2D eigenvalue weighted by molar-refractivity contribution is 9.10. The molecule has 1 heterocycles. The van der Waals surface area contributed by atoms with Crippen LogP contribution in [0.4, 0.5) is 0 Å². The Morgan fingerprint density at radius 2 is 1.79 bits per heavy atom. The maximum atomic E-state index is 12.7. The number of hydrogen-bond acceptors (Lipinski definition) is 4. The number of thioether (sulfide) groups is 1. The molecule has 1 N–H and O–H groups in total. The summed E-state index contributed by atoms with van der Waals surface area (Å²) in [5, 5.41) is 12.9. The predicted molar refractivity (Wildman–Crippen MR) is 121 cm³/mol. The number of halogens is 1. The molecule has 0 spiro atoms. The summed E-state index contributed by atoms with van der Waals surface area (Å²) < 4.78 is 3.17. The lowest BCUT2D eigenvalue weighted by atomic mass is 10.0. The first-order valence-corrected chi connectivity index (χ1v) is 11.4. The zero-order valence-corrected chi connectivity index (χ0v) is 19.2. The summed E-state index contributed by atoms with van der Waals surface area (Å²) in [7, 11) is 0. The molecular weight excluding hydrogens is 448 g/mol. The average Bonchev–Trinajstić information content (AvgIpc) is 3.14. The smallest absolute Gasteiger partial charge is 0.251 e. The summed E-state index contributed by atoms with van der Waals surface area (Å²) in [4.78, 5) is 12.7. The maximum Gasteiger partial charge on any atom is 0.251 e. The molecule has 3 rings (SSSR count). The molecule has 7 heteroatoms. The molecule has 0 aliphatic carbocycles. The zero-order chi connectivity index (χ0) is 20.8. The number of benzene rings is 2. The summed E-state index contributed by atoms with van der Waals surface area (Å²) in [6.45, 7) is 6.99. The molecule has 0 saturated carbocycles. The van der Waals surface area contributed by atoms with Gasteiger partial charge >= 0.3 is 0 Å². The highest BCUT2D eigenvalue weighted by atomic mass is 79.9. The second-order valence-electron chi connectivity index (χ2n) is 7.06. The van der Waals surface area contributed by atoms with Crippen LogP contribution < -0.4 is 5.32 Å². The van der Waals surface area contributed by atoms with Gasteiger partial charge in [-0.1, -0.05) is 71.9 Å². The van der Waals surface area contributed by atoms with E-state index in [-0.39, 0.29) is 17.9 Å². The summed E-state index contributed by atoms with van der Waals surface area (Å²) in [5.41, 5.74) is 1.87. The lowest BCUT2D eigenvalue weighted by molar-refractivity contribution is 0.0922. The van der Waals surface area contributed by atoms with Crippen molar-refractivity contribution in [1.82, 2.24) is 20.1 Å². The third-order valence-corrected chi connectivity index (χ3v) is 6.18. The quantitative estimate of drug-likeness (QED) is 0.440. The number of hydrogen-bond donors (Lipinski definition) is 1. The first-order valence-electron chi connectivity index (χ1n) is 9.65. The van der Waals surface area contributed by atoms with Gasteiger partial charge in [-0.05, 0) is 42.7 Å². The molecule has 1 unspecified atom stereocenters. The summed E-state index contributed by atoms with van der Waals surface area (Å²) in [5.74, 6) is 1.69. The highest BCUT2D eigenvalue weighted by Crippen LogP contribution is 2.27. The van der Waals surface area contributed by atoms with E-state index in [0.29, 0.717) is 5.56 Å². The second-order valence-corrected chi connectivity index (χ2v) is 8.92. The molecule has 0 saturated heterocycles. The fraction of sp³-hybridized carbons (Fsp3) is 0.318. The fourth-order valence-electron chi connectivity index (χ4n) is 3.01. The predicted octanol–water partition coefficient (Wildman–Crippen LogP) is 5.48. The lowest BCUT2D eigenvalue weighted by Gasteiger charge is -2.22. The number of nitrogens with one attached hydrogen (secondary N) is 1. The van der Waals surface area contributed by atoms with Gasteiger partial charge in [-0.25, -0.2) is 0 Å². The van der Waals surface area contributed by atoms with Gasteiger partial charge in [0.15, 0.2) is 11.0 Å². The van der Waals surface area contributed by atoms with Crippen molar-refractivity contribution in [2.24, 2.45) is 5.92 Å². The third-order valence-electron chi connectivity index (χ3n) is 4.61. The van der Waals surface area contributed by atoms with Crippen LogP contribution in [-0.4, -0.2) is 20.7 Å². The number of amides is 1. The summed E-state index contributed by atoms with van der Waals surface area (Å²) in [6.07, 6.45) is 0. The SMILES string of the molecule is CCn1c(SCc2ccc(Br)cc2)nnc1C(NC(=O)c1ccccc1)C(C)C. The minimum Gasteiger partial charge on any atom is -0.342 e. The van der Waals surface area contributed by atoms with Crippen molar-refractivity contribution >= 4 is 33.6 Å². The molecule has 1 amide bonds. The largest absolute Gasteiger partial charge is 0.342 e. The van der Waals surface area contributed by atoms with Crippen molar-refractivity contribution in [2.75, 3.05) is 0 Å². The second kappa shape index (κ2) is 10.1. The number of aromatic nitrogens is 3. The average molecular weight is 473 g/mol. The Morgan fingerprint density at radius 3 is 2.41 bits per heavy atom. The van der Waals surface area contributed by atoms with Crippen LogP contribution in [0.25, 0.3) is 0 Å². The van der Waals surface area contributed by atoms with Crippen LogP contribution in [0, 0.1) is 5.92 Å². The Hall–Kier alpha value is -2.12. The Morgan fingerprint density at radius 1 is 1.10 bits per heavy atom. The number of rotatable bonds is 8. The van der Waals surface area contributed by atoms with Gasteiger partial charge in [-0.15, -0.1) is 10.2 Å². The molecule has 0 fully saturated rings. The van der Waals surface area contributed by atoms with Crippen molar-refractivity contribution in [2.45, 2.75) is 44.3 Å². The molecule has 5 nitrogen and oxygen atoms in total. The van der Waals surface area contributed by atoms with Crippen LogP contribution in [-0.2, 0) is 12.3 Å². The maximum absolute atomic E-state index is 12.7. The summed E-state index contributed by atoms with van der Waals surface area (Å²) >= 11 is 5.12. The van der Waals surface area contributed by atoms with E-state index in [4.69, 9.17) is 0 Å². The van der Waals surface area contributed by atoms with Crippen LogP contribution in [0.3, 0.4) is 0 Å². The van der Waals surface area contributed by atoms with Gasteiger partial charge in [-0.3, -0.25) is 4.79 Å². The Labute approximate surface area is 184 Å². The van der Waals surface area contributed by atoms with Gasteiger partial charge < -0.3 is 9.88 Å². The molecule has 0 aliphatic heterocycles. The van der Waals surface area contributed by atoms with Crippen LogP contribution in [0.1, 0.15) is 48.6 Å². The molecule has 0 radical (unpaired) electrons. The normalized spacial score (nSPS) is 12.2. The summed E-state index contributed by atoms with van der Waals surface area (Å²) in [6, 6.07) is 17.3. The Bertz CT molecular complexity index is 941. The van der Waals surface area contributed by atoms with Gasteiger partial charge in [0.05, 0.1) is 6.04 Å². The Kier molecular flexibility index (Phi) is 7.50. The van der Waals surface area contributed by atoms with Crippen molar-refractivity contribution in [1.29, 1.82) is 0 Å². The van der Waals surface area contributed by atoms with Crippen molar-refractivity contribution in [3.63, 3.8) is 0 Å². The first kappa shape index (κ1) is 21.6. The molecule has 152 valence electrons. The van der Waals surface area contributed by atoms with Gasteiger partial charge in [0.1, 0.15) is 0 Å². The van der Waals surface area contributed by atoms with Gasteiger partial charge in [0, 0.05) is 22.3 Å². The van der Waals surface area contributed by atoms with E-state index in [0.717, 1.165) is 27.8 Å². The van der Waals surface area contributed by atoms with Gasteiger partial charge in [0.2, 0.25) is 0 Å². The van der Waals surface area contributed by atoms with E-state index in [1.165, 1.54) is 5.56 Å². The lowest BCUT2D eigenvalue weighted by Crippen LogP contribution is -2.33. The van der Waals surface area contributed by atoms with Crippen LogP contribution >= 0.6 is 27.7 Å². The molecule has 3 aromatic rings. The van der Waals surface area contributed by atoms with E-state index >= 15 is 0 Å². The minimum absolute atomic E-state index is 0.0981. The molecule has 29 heavy (non-hydrogen) atoms. The van der Waals surface area contributed by atoms with Crippen molar-refractivity contribution in [3.05, 3.63) is 76.0 Å². The van der Waals surface area contributed by atoms with Crippen LogP contribution in [0.15, 0.2) is 64.2 Å². The number of carbonyl (C=O) groups excluding carboxylic acids is 1. The van der Waals surface area contributed by atoms with E-state index in [1.807, 2.05) is 42.5 Å². The first-order chi connectivity index (χ1) is 14.0. The van der Waals surface area contributed by atoms with E-state index in [1.54, 1.807) is 11.8 Å². The molecule has 0 bridgehead atoms. The van der Waals surface area contributed by atoms with E-state index < -0.39 is 0 Å². The van der Waals surface area contributed by atoms with E-state index in [9.17, 15) is 4.79 Å². The zero-order valence-electron chi connectivity index (χ0n) is 16.8. The van der Waals surface area contributed by atoms with Crippen LogP contribution in [0.5, 0.6) is 0 Å². The molecule has 2 aromatic carbocycles. The van der Waals surface area contributed by atoms with Gasteiger partial charge in [-0.2, -0.15) is 0 Å². The van der Waals surface area contributed by atoms with Gasteiger partial charge in [0.25, 0.3) is 5.91 Å². The highest BCUT2D eigenvalue weighted by Gasteiger charge is 2.26. The topological polar surface area (TPSA) is 59.8 Å². The number of carbonyl (C=O) groups is 1. The molecule has 1 atom stereocenters. The van der Waals surface area contributed by atoms with Crippen molar-refractivity contribution < 1.29 is 4.79 Å². The van der Waals surface area contributed by atoms with Crippen molar-refractivity contribution in [3.8, 4) is 0 Å². The van der Waals surface area contributed by atoms with E-state index in [2.05, 4.69) is 68.9 Å². The molecular formula is C22H25BrN4OS. The minimum atomic E-state index is -0.211. The Balaban J connectivity index is 1.78. The third kappa shape index (κ3) is 5.48. The number of nitrogens with zero attached hydrogens (tertiary/aromatic N) is 3. The standard InChI is InChI=1S/C22H25BrN4OS/c1-4-27-20(19(15(2)3)24-21(28)17-8-6-5-7-9-17)25-26-22(27)29-14-16-10-12-18(23)13-11-16/h5-13,15,19H,4,14H2,1-3H3,(H,24,28). The molecule has 0 aliphatic rings. The molecule has 1 aromatic heterocycles. The fourth-order valence-corrected chi connectivity index (χ4v) is 4.24. The van der Waals surface area contributed by atoms with Crippen LogP contribution in [0.2, 0.25) is 0 Å². The monoisotopic (exact) mass is 472 g/mol.